The van der Waals surface area contributed by atoms with Gasteiger partial charge in [-0.05, 0) is 30.7 Å². The van der Waals surface area contributed by atoms with Crippen LogP contribution in [-0.4, -0.2) is 17.0 Å². The average Bonchev–Trinajstić information content (AvgIpc) is 3.22. The second-order valence-corrected chi connectivity index (χ2v) is 7.25. The first kappa shape index (κ1) is 16.1. The van der Waals surface area contributed by atoms with Gasteiger partial charge in [-0.1, -0.05) is 41.4 Å². The molecule has 126 valence electrons. The summed E-state index contributed by atoms with van der Waals surface area (Å²) in [6.45, 7) is 2.04. The van der Waals surface area contributed by atoms with Crippen LogP contribution >= 0.6 is 22.9 Å². The number of thiazole rings is 1. The van der Waals surface area contributed by atoms with Crippen LogP contribution in [0.4, 0.5) is 5.13 Å². The summed E-state index contributed by atoms with van der Waals surface area (Å²) in [7, 11) is 0. The minimum Gasteiger partial charge on any atom is -0.480 e. The third-order valence-electron chi connectivity index (χ3n) is 4.07. The number of ether oxygens (including phenoxy) is 1. The molecule has 1 aliphatic heterocycles. The molecule has 1 atom stereocenters. The highest BCUT2D eigenvalue weighted by Crippen LogP contribution is 2.32. The quantitative estimate of drug-likeness (QED) is 0.726. The lowest BCUT2D eigenvalue weighted by molar-refractivity contribution is -0.122. The minimum atomic E-state index is -0.555. The fourth-order valence-electron chi connectivity index (χ4n) is 2.74. The summed E-state index contributed by atoms with van der Waals surface area (Å²) in [5.41, 5.74) is 4.03. The first-order chi connectivity index (χ1) is 12.1. The lowest BCUT2D eigenvalue weighted by Crippen LogP contribution is -2.31. The van der Waals surface area contributed by atoms with Crippen LogP contribution in [-0.2, 0) is 11.2 Å². The van der Waals surface area contributed by atoms with Crippen molar-refractivity contribution >= 4 is 34.0 Å². The number of fused-ring (bicyclic) bond motifs is 1. The number of aryl methyl sites for hydroxylation is 1. The summed E-state index contributed by atoms with van der Waals surface area (Å²) in [6.07, 6.45) is -0.0436. The summed E-state index contributed by atoms with van der Waals surface area (Å²) in [5, 5.41) is 5.99. The van der Waals surface area contributed by atoms with E-state index in [9.17, 15) is 4.79 Å². The van der Waals surface area contributed by atoms with E-state index in [1.165, 1.54) is 16.9 Å². The third kappa shape index (κ3) is 3.38. The molecular weight excluding hydrogens is 356 g/mol. The highest BCUT2D eigenvalue weighted by Gasteiger charge is 2.29. The van der Waals surface area contributed by atoms with Crippen LogP contribution < -0.4 is 10.1 Å². The molecule has 1 N–H and O–H groups in total. The van der Waals surface area contributed by atoms with Crippen molar-refractivity contribution in [1.29, 1.82) is 0 Å². The molecule has 0 bridgehead atoms. The summed E-state index contributed by atoms with van der Waals surface area (Å²) in [5.74, 6) is 0.515. The van der Waals surface area contributed by atoms with Crippen molar-refractivity contribution in [3.8, 4) is 17.0 Å². The van der Waals surface area contributed by atoms with E-state index < -0.39 is 6.10 Å². The largest absolute Gasteiger partial charge is 0.480 e. The summed E-state index contributed by atoms with van der Waals surface area (Å²) in [4.78, 5) is 17.0. The van der Waals surface area contributed by atoms with Gasteiger partial charge in [0.05, 0.1) is 5.69 Å². The number of halogens is 1. The fraction of sp³-hybridized carbons (Fsp3) is 0.158. The number of rotatable bonds is 3. The van der Waals surface area contributed by atoms with E-state index >= 15 is 0 Å². The van der Waals surface area contributed by atoms with Crippen LogP contribution in [0, 0.1) is 6.92 Å². The maximum Gasteiger partial charge on any atom is 0.267 e. The molecule has 4 rings (SSSR count). The molecule has 1 amide bonds. The molecule has 4 nitrogen and oxygen atoms in total. The molecule has 1 unspecified atom stereocenters. The van der Waals surface area contributed by atoms with Crippen LogP contribution in [0.3, 0.4) is 0 Å². The molecule has 2 aromatic carbocycles. The Morgan fingerprint density at radius 2 is 2.08 bits per heavy atom. The number of anilines is 1. The standard InChI is InChI=1S/C19H15ClN2O2S/c1-11-2-4-12(5-3-11)15-10-25-19(21-15)22-18(23)17-9-13-8-14(20)6-7-16(13)24-17/h2-8,10,17H,9H2,1H3,(H,21,22,23). The molecule has 2 heterocycles. The first-order valence-corrected chi connectivity index (χ1v) is 9.13. The number of amides is 1. The Hall–Kier alpha value is -2.37. The summed E-state index contributed by atoms with van der Waals surface area (Å²) in [6, 6.07) is 13.5. The van der Waals surface area contributed by atoms with Crippen LogP contribution in [0.1, 0.15) is 11.1 Å². The maximum absolute atomic E-state index is 12.5. The smallest absolute Gasteiger partial charge is 0.267 e. The van der Waals surface area contributed by atoms with Gasteiger partial charge in [-0.2, -0.15) is 0 Å². The van der Waals surface area contributed by atoms with Crippen molar-refractivity contribution in [2.75, 3.05) is 5.32 Å². The highest BCUT2D eigenvalue weighted by molar-refractivity contribution is 7.14. The van der Waals surface area contributed by atoms with Gasteiger partial charge in [-0.25, -0.2) is 4.98 Å². The van der Waals surface area contributed by atoms with Crippen LogP contribution in [0.25, 0.3) is 11.3 Å². The highest BCUT2D eigenvalue weighted by atomic mass is 35.5. The monoisotopic (exact) mass is 370 g/mol. The summed E-state index contributed by atoms with van der Waals surface area (Å²) < 4.78 is 5.71. The zero-order chi connectivity index (χ0) is 17.4. The van der Waals surface area contributed by atoms with Crippen molar-refractivity contribution in [3.63, 3.8) is 0 Å². The second-order valence-electron chi connectivity index (χ2n) is 5.96. The Bertz CT molecular complexity index is 937. The Morgan fingerprint density at radius 3 is 2.88 bits per heavy atom. The van der Waals surface area contributed by atoms with E-state index in [0.29, 0.717) is 22.3 Å². The Kier molecular flexibility index (Phi) is 4.19. The summed E-state index contributed by atoms with van der Waals surface area (Å²) >= 11 is 7.39. The Labute approximate surface area is 154 Å². The Morgan fingerprint density at radius 1 is 1.28 bits per heavy atom. The van der Waals surface area contributed by atoms with Gasteiger partial charge in [0.1, 0.15) is 5.75 Å². The maximum atomic E-state index is 12.5. The second kappa shape index (κ2) is 6.50. The zero-order valence-corrected chi connectivity index (χ0v) is 15.0. The first-order valence-electron chi connectivity index (χ1n) is 7.87. The molecular formula is C19H15ClN2O2S. The number of nitrogens with zero attached hydrogens (tertiary/aromatic N) is 1. The zero-order valence-electron chi connectivity index (χ0n) is 13.5. The average molecular weight is 371 g/mol. The number of benzene rings is 2. The molecule has 0 fully saturated rings. The molecule has 25 heavy (non-hydrogen) atoms. The predicted molar refractivity (Wildman–Crippen MR) is 100 cm³/mol. The number of hydrogen-bond acceptors (Lipinski definition) is 4. The van der Waals surface area contributed by atoms with Gasteiger partial charge in [0.25, 0.3) is 5.91 Å². The van der Waals surface area contributed by atoms with E-state index in [4.69, 9.17) is 16.3 Å². The van der Waals surface area contributed by atoms with Crippen LogP contribution in [0.5, 0.6) is 5.75 Å². The number of carbonyl (C=O) groups excluding carboxylic acids is 1. The van der Waals surface area contributed by atoms with Crippen molar-refractivity contribution in [1.82, 2.24) is 4.98 Å². The lowest BCUT2D eigenvalue weighted by Gasteiger charge is -2.09. The normalized spacial score (nSPS) is 15.5. The van der Waals surface area contributed by atoms with Gasteiger partial charge in [0.15, 0.2) is 11.2 Å². The third-order valence-corrected chi connectivity index (χ3v) is 5.06. The number of nitrogens with one attached hydrogen (secondary N) is 1. The number of carbonyl (C=O) groups is 1. The van der Waals surface area contributed by atoms with Gasteiger partial charge in [0, 0.05) is 22.4 Å². The molecule has 0 saturated carbocycles. The molecule has 1 aromatic heterocycles. The molecule has 1 aliphatic rings. The van der Waals surface area contributed by atoms with E-state index in [-0.39, 0.29) is 5.91 Å². The van der Waals surface area contributed by atoms with E-state index in [0.717, 1.165) is 16.8 Å². The SMILES string of the molecule is Cc1ccc(-c2csc(NC(=O)C3Cc4cc(Cl)ccc4O3)n2)cc1. The fourth-order valence-corrected chi connectivity index (χ4v) is 3.65. The Balaban J connectivity index is 1.45. The van der Waals surface area contributed by atoms with Gasteiger partial charge in [-0.3, -0.25) is 10.1 Å². The topological polar surface area (TPSA) is 51.2 Å². The van der Waals surface area contributed by atoms with Crippen molar-refractivity contribution < 1.29 is 9.53 Å². The van der Waals surface area contributed by atoms with Crippen LogP contribution in [0.2, 0.25) is 5.02 Å². The lowest BCUT2D eigenvalue weighted by atomic mass is 10.1. The van der Waals surface area contributed by atoms with Gasteiger partial charge in [0.2, 0.25) is 0 Å². The molecule has 0 spiro atoms. The van der Waals surface area contributed by atoms with E-state index in [2.05, 4.69) is 10.3 Å². The van der Waals surface area contributed by atoms with Gasteiger partial charge >= 0.3 is 0 Å². The van der Waals surface area contributed by atoms with Crippen molar-refractivity contribution in [3.05, 3.63) is 64.0 Å². The molecule has 0 radical (unpaired) electrons. The van der Waals surface area contributed by atoms with Gasteiger partial charge in [-0.15, -0.1) is 11.3 Å². The molecule has 3 aromatic rings. The van der Waals surface area contributed by atoms with Crippen molar-refractivity contribution in [2.24, 2.45) is 0 Å². The molecule has 0 aliphatic carbocycles. The van der Waals surface area contributed by atoms with Crippen molar-refractivity contribution in [2.45, 2.75) is 19.4 Å². The van der Waals surface area contributed by atoms with E-state index in [1.54, 1.807) is 12.1 Å². The van der Waals surface area contributed by atoms with Crippen LogP contribution in [0.15, 0.2) is 47.8 Å². The van der Waals surface area contributed by atoms with E-state index in [1.807, 2.05) is 42.6 Å². The molecule has 6 heteroatoms. The predicted octanol–water partition coefficient (Wildman–Crippen LogP) is 4.71. The number of aromatic nitrogens is 1. The number of hydrogen-bond donors (Lipinski definition) is 1. The van der Waals surface area contributed by atoms with Gasteiger partial charge < -0.3 is 4.74 Å². The minimum absolute atomic E-state index is 0.197. The molecule has 0 saturated heterocycles.